The number of benzene rings is 1. The number of carbonyl (C=O) groups is 2. The van der Waals surface area contributed by atoms with Gasteiger partial charge in [-0.25, -0.2) is 0 Å². The first-order chi connectivity index (χ1) is 9.38. The molecule has 1 aliphatic heterocycles. The largest absolute Gasteiger partial charge is 0.471 e. The van der Waals surface area contributed by atoms with Crippen LogP contribution in [-0.4, -0.2) is 36.0 Å². The van der Waals surface area contributed by atoms with Gasteiger partial charge in [-0.05, 0) is 5.56 Å². The van der Waals surface area contributed by atoms with Gasteiger partial charge in [0, 0.05) is 13.1 Å². The second kappa shape index (κ2) is 5.52. The van der Waals surface area contributed by atoms with E-state index >= 15 is 0 Å². The van der Waals surface area contributed by atoms with Gasteiger partial charge in [-0.1, -0.05) is 30.3 Å². The van der Waals surface area contributed by atoms with Crippen molar-refractivity contribution >= 4 is 11.9 Å². The third kappa shape index (κ3) is 3.28. The van der Waals surface area contributed by atoms with Crippen LogP contribution in [0.5, 0.6) is 0 Å². The Bertz CT molecular complexity index is 495. The van der Waals surface area contributed by atoms with Gasteiger partial charge in [0.05, 0.1) is 5.92 Å². The lowest BCUT2D eigenvalue weighted by Gasteiger charge is -2.37. The molecule has 20 heavy (non-hydrogen) atoms. The molecule has 108 valence electrons. The normalized spacial score (nSPS) is 15.7. The highest BCUT2D eigenvalue weighted by molar-refractivity contribution is 5.85. The van der Waals surface area contributed by atoms with E-state index in [1.807, 2.05) is 6.07 Å². The number of halogens is 3. The molecule has 1 fully saturated rings. The lowest BCUT2D eigenvalue weighted by molar-refractivity contribution is -0.194. The molecule has 0 unspecified atom stereocenters. The van der Waals surface area contributed by atoms with Crippen LogP contribution in [0.25, 0.3) is 0 Å². The fraction of sp³-hybridized carbons (Fsp3) is 0.385. The molecule has 1 heterocycles. The summed E-state index contributed by atoms with van der Waals surface area (Å²) >= 11 is 0. The van der Waals surface area contributed by atoms with Crippen LogP contribution in [0.15, 0.2) is 30.3 Å². The summed E-state index contributed by atoms with van der Waals surface area (Å²) in [6.07, 6.45) is -4.89. The lowest BCUT2D eigenvalue weighted by atomic mass is 10.0. The second-order valence-electron chi connectivity index (χ2n) is 4.50. The van der Waals surface area contributed by atoms with E-state index in [2.05, 4.69) is 0 Å². The number of hydrogen-bond donors (Lipinski definition) is 0. The number of likely N-dealkylation sites (tertiary alicyclic amines) is 1. The first-order valence-corrected chi connectivity index (χ1v) is 5.94. The Morgan fingerprint density at radius 2 is 1.80 bits per heavy atom. The summed E-state index contributed by atoms with van der Waals surface area (Å²) in [6, 6.07) is 8.94. The number of ether oxygens (including phenoxy) is 1. The number of amides is 1. The zero-order valence-electron chi connectivity index (χ0n) is 10.4. The second-order valence-corrected chi connectivity index (χ2v) is 4.50. The minimum Gasteiger partial charge on any atom is -0.460 e. The third-order valence-corrected chi connectivity index (χ3v) is 2.97. The molecule has 0 spiro atoms. The van der Waals surface area contributed by atoms with Crippen molar-refractivity contribution in [2.24, 2.45) is 5.92 Å². The van der Waals surface area contributed by atoms with E-state index in [9.17, 15) is 22.8 Å². The SMILES string of the molecule is O=C(OCc1ccccc1)C1CN(C(=O)C(F)(F)F)C1. The van der Waals surface area contributed by atoms with Gasteiger partial charge < -0.3 is 9.64 Å². The molecular weight excluding hydrogens is 275 g/mol. The molecule has 0 aromatic heterocycles. The van der Waals surface area contributed by atoms with Crippen molar-refractivity contribution in [1.29, 1.82) is 0 Å². The van der Waals surface area contributed by atoms with Crippen molar-refractivity contribution in [2.45, 2.75) is 12.8 Å². The third-order valence-electron chi connectivity index (χ3n) is 2.97. The summed E-state index contributed by atoms with van der Waals surface area (Å²) in [5.74, 6) is -3.17. The number of hydrogen-bond acceptors (Lipinski definition) is 3. The fourth-order valence-electron chi connectivity index (χ4n) is 1.82. The van der Waals surface area contributed by atoms with E-state index in [4.69, 9.17) is 4.74 Å². The average molecular weight is 287 g/mol. The summed E-state index contributed by atoms with van der Waals surface area (Å²) in [6.45, 7) is -0.415. The van der Waals surface area contributed by atoms with Crippen LogP contribution in [0.1, 0.15) is 5.56 Å². The Hall–Kier alpha value is -2.05. The highest BCUT2D eigenvalue weighted by Gasteiger charge is 2.48. The molecule has 0 saturated carbocycles. The molecule has 1 aromatic rings. The standard InChI is InChI=1S/C13H12F3NO3/c14-13(15,16)12(19)17-6-10(7-17)11(18)20-8-9-4-2-1-3-5-9/h1-5,10H,6-8H2. The van der Waals surface area contributed by atoms with Gasteiger partial charge in [0.25, 0.3) is 0 Å². The Morgan fingerprint density at radius 1 is 1.20 bits per heavy atom. The maximum absolute atomic E-state index is 12.1. The topological polar surface area (TPSA) is 46.6 Å². The van der Waals surface area contributed by atoms with Gasteiger partial charge in [-0.15, -0.1) is 0 Å². The van der Waals surface area contributed by atoms with Crippen LogP contribution in [0, 0.1) is 5.92 Å². The number of esters is 1. The first kappa shape index (κ1) is 14.4. The highest BCUT2D eigenvalue weighted by Crippen LogP contribution is 2.25. The number of carbonyl (C=O) groups excluding carboxylic acids is 2. The average Bonchev–Trinajstić information content (AvgIpc) is 2.34. The maximum Gasteiger partial charge on any atom is 0.471 e. The molecule has 0 N–H and O–H groups in total. The molecule has 2 rings (SSSR count). The van der Waals surface area contributed by atoms with Gasteiger partial charge in [-0.3, -0.25) is 9.59 Å². The van der Waals surface area contributed by atoms with E-state index < -0.39 is 24.0 Å². The maximum atomic E-state index is 12.1. The molecule has 1 aromatic carbocycles. The zero-order chi connectivity index (χ0) is 14.8. The highest BCUT2D eigenvalue weighted by atomic mass is 19.4. The summed E-state index contributed by atoms with van der Waals surface area (Å²) < 4.78 is 41.3. The minimum absolute atomic E-state index is 0.0728. The van der Waals surface area contributed by atoms with E-state index in [1.54, 1.807) is 24.3 Å². The Kier molecular flexibility index (Phi) is 3.96. The predicted octanol–water partition coefficient (Wildman–Crippen LogP) is 1.75. The molecule has 0 aliphatic carbocycles. The summed E-state index contributed by atoms with van der Waals surface area (Å²) in [7, 11) is 0. The smallest absolute Gasteiger partial charge is 0.460 e. The summed E-state index contributed by atoms with van der Waals surface area (Å²) in [5.41, 5.74) is 0.795. The lowest BCUT2D eigenvalue weighted by Crippen LogP contribution is -2.57. The predicted molar refractivity (Wildman–Crippen MR) is 62.4 cm³/mol. The van der Waals surface area contributed by atoms with Gasteiger partial charge in [-0.2, -0.15) is 13.2 Å². The van der Waals surface area contributed by atoms with E-state index in [-0.39, 0.29) is 19.7 Å². The van der Waals surface area contributed by atoms with Crippen LogP contribution < -0.4 is 0 Å². The summed E-state index contributed by atoms with van der Waals surface area (Å²) in [4.78, 5) is 23.0. The number of nitrogens with zero attached hydrogens (tertiary/aromatic N) is 1. The molecule has 0 bridgehead atoms. The van der Waals surface area contributed by atoms with E-state index in [1.165, 1.54) is 0 Å². The quantitative estimate of drug-likeness (QED) is 0.796. The monoisotopic (exact) mass is 287 g/mol. The first-order valence-electron chi connectivity index (χ1n) is 5.94. The number of rotatable bonds is 3. The van der Waals surface area contributed by atoms with Crippen molar-refractivity contribution < 1.29 is 27.5 Å². The van der Waals surface area contributed by atoms with E-state index in [0.29, 0.717) is 4.90 Å². The Morgan fingerprint density at radius 3 is 2.35 bits per heavy atom. The van der Waals surface area contributed by atoms with Crippen LogP contribution >= 0.6 is 0 Å². The van der Waals surface area contributed by atoms with Gasteiger partial charge in [0.2, 0.25) is 0 Å². The van der Waals surface area contributed by atoms with Crippen LogP contribution in [0.4, 0.5) is 13.2 Å². The van der Waals surface area contributed by atoms with Crippen LogP contribution in [0.3, 0.4) is 0 Å². The van der Waals surface area contributed by atoms with Crippen molar-refractivity contribution in [3.05, 3.63) is 35.9 Å². The molecular formula is C13H12F3NO3. The molecule has 4 nitrogen and oxygen atoms in total. The fourth-order valence-corrected chi connectivity index (χ4v) is 1.82. The molecule has 0 radical (unpaired) electrons. The molecule has 7 heteroatoms. The molecule has 1 aliphatic rings. The molecule has 1 amide bonds. The van der Waals surface area contributed by atoms with Crippen molar-refractivity contribution in [3.8, 4) is 0 Å². The van der Waals surface area contributed by atoms with Gasteiger partial charge >= 0.3 is 18.1 Å². The molecule has 1 saturated heterocycles. The van der Waals surface area contributed by atoms with Crippen LogP contribution in [0.2, 0.25) is 0 Å². The van der Waals surface area contributed by atoms with E-state index in [0.717, 1.165) is 5.56 Å². The van der Waals surface area contributed by atoms with Gasteiger partial charge in [0.1, 0.15) is 6.61 Å². The Balaban J connectivity index is 1.76. The molecule has 0 atom stereocenters. The zero-order valence-corrected chi connectivity index (χ0v) is 10.4. The van der Waals surface area contributed by atoms with Crippen molar-refractivity contribution in [2.75, 3.05) is 13.1 Å². The van der Waals surface area contributed by atoms with Gasteiger partial charge in [0.15, 0.2) is 0 Å². The minimum atomic E-state index is -4.89. The Labute approximate surface area is 113 Å². The van der Waals surface area contributed by atoms with Crippen LogP contribution in [-0.2, 0) is 20.9 Å². The van der Waals surface area contributed by atoms with Crippen molar-refractivity contribution in [3.63, 3.8) is 0 Å². The summed E-state index contributed by atoms with van der Waals surface area (Å²) in [5, 5.41) is 0. The van der Waals surface area contributed by atoms with Crippen molar-refractivity contribution in [1.82, 2.24) is 4.90 Å². The number of alkyl halides is 3.